The second-order valence-corrected chi connectivity index (χ2v) is 6.42. The van der Waals surface area contributed by atoms with Crippen LogP contribution >= 0.6 is 24.0 Å². The van der Waals surface area contributed by atoms with Gasteiger partial charge in [-0.1, -0.05) is 23.7 Å². The van der Waals surface area contributed by atoms with Crippen molar-refractivity contribution in [2.24, 2.45) is 5.41 Å². The predicted molar refractivity (Wildman–Crippen MR) is 87.9 cm³/mol. The summed E-state index contributed by atoms with van der Waals surface area (Å²) in [4.78, 5) is 14.9. The van der Waals surface area contributed by atoms with Crippen LogP contribution in [0.25, 0.3) is 0 Å². The lowest BCUT2D eigenvalue weighted by molar-refractivity contribution is -0.149. The zero-order chi connectivity index (χ0) is 14.0. The molecule has 0 saturated carbocycles. The predicted octanol–water partition coefficient (Wildman–Crippen LogP) is 3.25. The van der Waals surface area contributed by atoms with Crippen molar-refractivity contribution in [2.75, 3.05) is 19.6 Å². The van der Waals surface area contributed by atoms with Crippen LogP contribution in [0.4, 0.5) is 0 Å². The molecule has 0 aliphatic carbocycles. The van der Waals surface area contributed by atoms with Gasteiger partial charge >= 0.3 is 0 Å². The fraction of sp³-hybridized carbons (Fsp3) is 0.562. The molecular formula is C16H22Cl2N2O. The van der Waals surface area contributed by atoms with Crippen LogP contribution in [0.2, 0.25) is 5.02 Å². The molecule has 3 rings (SSSR count). The zero-order valence-electron chi connectivity index (χ0n) is 12.1. The van der Waals surface area contributed by atoms with E-state index in [0.29, 0.717) is 12.5 Å². The first-order valence-electron chi connectivity index (χ1n) is 7.44. The molecule has 1 aromatic carbocycles. The summed E-state index contributed by atoms with van der Waals surface area (Å²) in [6, 6.07) is 7.82. The molecule has 0 aromatic heterocycles. The lowest BCUT2D eigenvalue weighted by Gasteiger charge is -2.44. The van der Waals surface area contributed by atoms with E-state index < -0.39 is 0 Å². The Balaban J connectivity index is 0.00000161. The Morgan fingerprint density at radius 3 is 2.48 bits per heavy atom. The van der Waals surface area contributed by atoms with Gasteiger partial charge in [0, 0.05) is 18.1 Å². The number of carbonyl (C=O) groups is 1. The van der Waals surface area contributed by atoms with Gasteiger partial charge in [0.25, 0.3) is 0 Å². The number of halogens is 2. The molecule has 0 atom stereocenters. The molecular weight excluding hydrogens is 307 g/mol. The van der Waals surface area contributed by atoms with E-state index in [9.17, 15) is 4.79 Å². The Labute approximate surface area is 137 Å². The number of hydrogen-bond acceptors (Lipinski definition) is 2. The summed E-state index contributed by atoms with van der Waals surface area (Å²) in [5.41, 5.74) is 1.07. The molecule has 0 radical (unpaired) electrons. The third-order valence-corrected chi connectivity index (χ3v) is 4.92. The van der Waals surface area contributed by atoms with Gasteiger partial charge < -0.3 is 10.2 Å². The highest BCUT2D eigenvalue weighted by atomic mass is 35.5. The standard InChI is InChI=1S/C16H21ClN2O.ClH/c17-14-4-2-13(3-5-14)12-19-11-1-6-16(15(19)20)7-9-18-10-8-16;/h2-5,18H,1,6-12H2;1H. The van der Waals surface area contributed by atoms with Gasteiger partial charge in [-0.15, -0.1) is 12.4 Å². The minimum absolute atomic E-state index is 0. The van der Waals surface area contributed by atoms with Crippen molar-refractivity contribution in [1.82, 2.24) is 10.2 Å². The second kappa shape index (κ2) is 6.99. The number of nitrogens with zero attached hydrogens (tertiary/aromatic N) is 1. The quantitative estimate of drug-likeness (QED) is 0.903. The Kier molecular flexibility index (Phi) is 5.53. The largest absolute Gasteiger partial charge is 0.338 e. The van der Waals surface area contributed by atoms with Crippen molar-refractivity contribution in [3.8, 4) is 0 Å². The first kappa shape index (κ1) is 16.6. The van der Waals surface area contributed by atoms with Crippen molar-refractivity contribution in [3.63, 3.8) is 0 Å². The number of rotatable bonds is 2. The summed E-state index contributed by atoms with van der Waals surface area (Å²) in [5.74, 6) is 0.361. The van der Waals surface area contributed by atoms with Gasteiger partial charge in [0.05, 0.1) is 5.41 Å². The Morgan fingerprint density at radius 2 is 1.81 bits per heavy atom. The summed E-state index contributed by atoms with van der Waals surface area (Å²) in [6.45, 7) is 3.54. The Bertz CT molecular complexity index is 478. The lowest BCUT2D eigenvalue weighted by atomic mass is 9.72. The van der Waals surface area contributed by atoms with Crippen LogP contribution < -0.4 is 5.32 Å². The molecule has 2 saturated heterocycles. The maximum atomic E-state index is 12.8. The molecule has 2 aliphatic heterocycles. The van der Waals surface area contributed by atoms with E-state index in [2.05, 4.69) is 5.32 Å². The van der Waals surface area contributed by atoms with E-state index in [1.165, 1.54) is 0 Å². The first-order chi connectivity index (χ1) is 9.70. The van der Waals surface area contributed by atoms with Gasteiger partial charge in [0.1, 0.15) is 0 Å². The minimum atomic E-state index is -0.0874. The van der Waals surface area contributed by atoms with Crippen molar-refractivity contribution in [1.29, 1.82) is 0 Å². The maximum absolute atomic E-state index is 12.8. The molecule has 2 fully saturated rings. The van der Waals surface area contributed by atoms with Gasteiger partial charge in [0.2, 0.25) is 5.91 Å². The summed E-state index contributed by atoms with van der Waals surface area (Å²) in [5, 5.41) is 4.11. The summed E-state index contributed by atoms with van der Waals surface area (Å²) >= 11 is 5.91. The van der Waals surface area contributed by atoms with E-state index >= 15 is 0 Å². The van der Waals surface area contributed by atoms with Crippen LogP contribution in [0.5, 0.6) is 0 Å². The van der Waals surface area contributed by atoms with Crippen LogP contribution in [0.3, 0.4) is 0 Å². The summed E-state index contributed by atoms with van der Waals surface area (Å²) in [7, 11) is 0. The average molecular weight is 329 g/mol. The first-order valence-corrected chi connectivity index (χ1v) is 7.82. The molecule has 3 nitrogen and oxygen atoms in total. The normalized spacial score (nSPS) is 21.2. The number of benzene rings is 1. The topological polar surface area (TPSA) is 32.3 Å². The fourth-order valence-corrected chi connectivity index (χ4v) is 3.61. The van der Waals surface area contributed by atoms with Crippen molar-refractivity contribution in [3.05, 3.63) is 34.9 Å². The fourth-order valence-electron chi connectivity index (χ4n) is 3.48. The number of carbonyl (C=O) groups excluding carboxylic acids is 1. The molecule has 0 unspecified atom stereocenters. The molecule has 5 heteroatoms. The van der Waals surface area contributed by atoms with Crippen molar-refractivity contribution >= 4 is 29.9 Å². The molecule has 116 valence electrons. The van der Waals surface area contributed by atoms with E-state index in [4.69, 9.17) is 11.6 Å². The number of piperidine rings is 2. The Hall–Kier alpha value is -0.770. The number of likely N-dealkylation sites (tertiary alicyclic amines) is 1. The van der Waals surface area contributed by atoms with Crippen LogP contribution in [-0.2, 0) is 11.3 Å². The van der Waals surface area contributed by atoms with Gasteiger partial charge in [-0.25, -0.2) is 0 Å². The highest BCUT2D eigenvalue weighted by Gasteiger charge is 2.44. The van der Waals surface area contributed by atoms with E-state index in [0.717, 1.165) is 55.9 Å². The number of hydrogen-bond donors (Lipinski definition) is 1. The number of nitrogens with one attached hydrogen (secondary N) is 1. The molecule has 21 heavy (non-hydrogen) atoms. The monoisotopic (exact) mass is 328 g/mol. The minimum Gasteiger partial charge on any atom is -0.338 e. The highest BCUT2D eigenvalue weighted by Crippen LogP contribution is 2.39. The van der Waals surface area contributed by atoms with E-state index in [1.807, 2.05) is 29.2 Å². The van der Waals surface area contributed by atoms with Gasteiger partial charge in [-0.3, -0.25) is 4.79 Å². The summed E-state index contributed by atoms with van der Waals surface area (Å²) in [6.07, 6.45) is 4.16. The van der Waals surface area contributed by atoms with Gasteiger partial charge in [-0.05, 0) is 56.5 Å². The van der Waals surface area contributed by atoms with Gasteiger partial charge in [0.15, 0.2) is 0 Å². The van der Waals surface area contributed by atoms with Crippen LogP contribution in [0, 0.1) is 5.41 Å². The van der Waals surface area contributed by atoms with Crippen molar-refractivity contribution < 1.29 is 4.79 Å². The van der Waals surface area contributed by atoms with Crippen molar-refractivity contribution in [2.45, 2.75) is 32.2 Å². The average Bonchev–Trinajstić information content (AvgIpc) is 2.47. The molecule has 1 spiro atoms. The smallest absolute Gasteiger partial charge is 0.229 e. The molecule has 1 N–H and O–H groups in total. The van der Waals surface area contributed by atoms with Crippen LogP contribution in [0.15, 0.2) is 24.3 Å². The molecule has 1 amide bonds. The second-order valence-electron chi connectivity index (χ2n) is 5.99. The van der Waals surface area contributed by atoms with E-state index in [-0.39, 0.29) is 17.8 Å². The third kappa shape index (κ3) is 3.53. The highest BCUT2D eigenvalue weighted by molar-refractivity contribution is 6.30. The maximum Gasteiger partial charge on any atom is 0.229 e. The van der Waals surface area contributed by atoms with Crippen LogP contribution in [-0.4, -0.2) is 30.4 Å². The molecule has 2 aliphatic rings. The molecule has 0 bridgehead atoms. The lowest BCUT2D eigenvalue weighted by Crippen LogP contribution is -2.52. The molecule has 1 aromatic rings. The Morgan fingerprint density at radius 1 is 1.14 bits per heavy atom. The molecule has 2 heterocycles. The summed E-state index contributed by atoms with van der Waals surface area (Å²) < 4.78 is 0. The zero-order valence-corrected chi connectivity index (χ0v) is 13.7. The number of amides is 1. The van der Waals surface area contributed by atoms with E-state index in [1.54, 1.807) is 0 Å². The van der Waals surface area contributed by atoms with Crippen LogP contribution in [0.1, 0.15) is 31.2 Å². The third-order valence-electron chi connectivity index (χ3n) is 4.67. The van der Waals surface area contributed by atoms with Gasteiger partial charge in [-0.2, -0.15) is 0 Å². The SMILES string of the molecule is Cl.O=C1N(Cc2ccc(Cl)cc2)CCCC12CCNCC2.